The number of aryl methyl sites for hydroxylation is 1. The van der Waals surface area contributed by atoms with E-state index < -0.39 is 0 Å². The molecule has 0 heterocycles. The molecule has 90 valence electrons. The molecule has 0 aliphatic rings. The molecule has 0 saturated carbocycles. The van der Waals surface area contributed by atoms with E-state index in [0.717, 1.165) is 19.3 Å². The van der Waals surface area contributed by atoms with Gasteiger partial charge in [0, 0.05) is 6.61 Å². The summed E-state index contributed by atoms with van der Waals surface area (Å²) in [7, 11) is 0. The van der Waals surface area contributed by atoms with Crippen molar-refractivity contribution in [3.63, 3.8) is 0 Å². The van der Waals surface area contributed by atoms with Gasteiger partial charge in [0.25, 0.3) is 0 Å². The number of aliphatic hydroxyl groups is 1. The Morgan fingerprint density at radius 2 is 1.56 bits per heavy atom. The van der Waals surface area contributed by atoms with E-state index in [0.29, 0.717) is 12.4 Å². The summed E-state index contributed by atoms with van der Waals surface area (Å²) in [5, 5.41) is 17.9. The largest absolute Gasteiger partial charge is 0.508 e. The van der Waals surface area contributed by atoms with Gasteiger partial charge in [-0.2, -0.15) is 0 Å². The lowest BCUT2D eigenvalue weighted by atomic mass is 10.0. The molecular formula is C14H22O2. The van der Waals surface area contributed by atoms with Crippen LogP contribution in [0.25, 0.3) is 0 Å². The lowest BCUT2D eigenvalue weighted by Gasteiger charge is -2.02. The number of rotatable bonds is 8. The molecule has 2 N–H and O–H groups in total. The van der Waals surface area contributed by atoms with Crippen LogP contribution in [0.15, 0.2) is 24.3 Å². The first-order valence-corrected chi connectivity index (χ1v) is 6.21. The Hall–Kier alpha value is -1.02. The van der Waals surface area contributed by atoms with E-state index in [9.17, 15) is 5.11 Å². The number of unbranched alkanes of at least 4 members (excludes halogenated alkanes) is 5. The second kappa shape index (κ2) is 8.17. The van der Waals surface area contributed by atoms with Crippen LogP contribution in [0.1, 0.15) is 44.1 Å². The zero-order valence-electron chi connectivity index (χ0n) is 9.86. The molecule has 0 radical (unpaired) electrons. The molecule has 1 aromatic carbocycles. The molecule has 16 heavy (non-hydrogen) atoms. The van der Waals surface area contributed by atoms with E-state index in [1.165, 1.54) is 31.2 Å². The van der Waals surface area contributed by atoms with E-state index in [1.807, 2.05) is 12.1 Å². The van der Waals surface area contributed by atoms with E-state index in [2.05, 4.69) is 6.07 Å². The minimum atomic E-state index is 0.323. The van der Waals surface area contributed by atoms with Gasteiger partial charge < -0.3 is 10.2 Å². The second-order valence-electron chi connectivity index (χ2n) is 4.26. The summed E-state index contributed by atoms with van der Waals surface area (Å²) in [5.74, 6) is 0.362. The molecule has 0 unspecified atom stereocenters. The van der Waals surface area contributed by atoms with Gasteiger partial charge in [0.2, 0.25) is 0 Å². The second-order valence-corrected chi connectivity index (χ2v) is 4.26. The fourth-order valence-electron chi connectivity index (χ4n) is 1.86. The number of benzene rings is 1. The molecule has 0 bridgehead atoms. The van der Waals surface area contributed by atoms with Gasteiger partial charge in [-0.1, -0.05) is 37.8 Å². The quantitative estimate of drug-likeness (QED) is 0.663. The molecule has 1 aromatic rings. The molecule has 2 nitrogen and oxygen atoms in total. The van der Waals surface area contributed by atoms with Gasteiger partial charge in [-0.25, -0.2) is 0 Å². The van der Waals surface area contributed by atoms with E-state index >= 15 is 0 Å². The van der Waals surface area contributed by atoms with Crippen LogP contribution in [-0.2, 0) is 6.42 Å². The lowest BCUT2D eigenvalue weighted by Crippen LogP contribution is -1.87. The highest BCUT2D eigenvalue weighted by molar-refractivity contribution is 5.27. The summed E-state index contributed by atoms with van der Waals surface area (Å²) in [6, 6.07) is 7.50. The Kier molecular flexibility index (Phi) is 6.66. The van der Waals surface area contributed by atoms with Gasteiger partial charge in [-0.05, 0) is 37.0 Å². The predicted octanol–water partition coefficient (Wildman–Crippen LogP) is 3.27. The third kappa shape index (κ3) is 5.76. The zero-order chi connectivity index (χ0) is 11.6. The molecule has 2 heteroatoms. The number of phenolic OH excluding ortho intramolecular Hbond substituents is 1. The Bertz CT molecular complexity index is 284. The fraction of sp³-hybridized carbons (Fsp3) is 0.571. The molecule has 0 saturated heterocycles. The minimum absolute atomic E-state index is 0.323. The highest BCUT2D eigenvalue weighted by Gasteiger charge is 1.95. The zero-order valence-corrected chi connectivity index (χ0v) is 9.86. The monoisotopic (exact) mass is 222 g/mol. The summed E-state index contributed by atoms with van der Waals surface area (Å²) in [6.07, 6.45) is 8.02. The number of hydrogen-bond donors (Lipinski definition) is 2. The third-order valence-electron chi connectivity index (χ3n) is 2.78. The van der Waals surface area contributed by atoms with Crippen molar-refractivity contribution in [2.45, 2.75) is 44.9 Å². The average molecular weight is 222 g/mol. The van der Waals surface area contributed by atoms with Crippen molar-refractivity contribution < 1.29 is 10.2 Å². The Morgan fingerprint density at radius 1 is 0.875 bits per heavy atom. The maximum Gasteiger partial charge on any atom is 0.115 e. The summed E-state index contributed by atoms with van der Waals surface area (Å²) in [5.41, 5.74) is 1.22. The number of hydrogen-bond acceptors (Lipinski definition) is 2. The first-order chi connectivity index (χ1) is 7.83. The van der Waals surface area contributed by atoms with E-state index in [-0.39, 0.29) is 0 Å². The summed E-state index contributed by atoms with van der Waals surface area (Å²) in [6.45, 7) is 0.323. The Morgan fingerprint density at radius 3 is 2.25 bits per heavy atom. The Balaban J connectivity index is 2.03. The lowest BCUT2D eigenvalue weighted by molar-refractivity contribution is 0.282. The first-order valence-electron chi connectivity index (χ1n) is 6.21. The van der Waals surface area contributed by atoms with Crippen molar-refractivity contribution in [3.8, 4) is 5.75 Å². The Labute approximate surface area is 97.9 Å². The van der Waals surface area contributed by atoms with Crippen molar-refractivity contribution in [2.75, 3.05) is 6.61 Å². The molecular weight excluding hydrogens is 200 g/mol. The van der Waals surface area contributed by atoms with Crippen molar-refractivity contribution in [2.24, 2.45) is 0 Å². The van der Waals surface area contributed by atoms with Gasteiger partial charge in [0.15, 0.2) is 0 Å². The summed E-state index contributed by atoms with van der Waals surface area (Å²) >= 11 is 0. The number of aromatic hydroxyl groups is 1. The van der Waals surface area contributed by atoms with Crippen LogP contribution in [0.3, 0.4) is 0 Å². The summed E-state index contributed by atoms with van der Waals surface area (Å²) in [4.78, 5) is 0. The van der Waals surface area contributed by atoms with Gasteiger partial charge >= 0.3 is 0 Å². The summed E-state index contributed by atoms with van der Waals surface area (Å²) < 4.78 is 0. The molecule has 0 aliphatic heterocycles. The van der Waals surface area contributed by atoms with Crippen LogP contribution in [0.5, 0.6) is 5.75 Å². The third-order valence-corrected chi connectivity index (χ3v) is 2.78. The maximum atomic E-state index is 9.29. The highest BCUT2D eigenvalue weighted by Crippen LogP contribution is 2.14. The van der Waals surface area contributed by atoms with Crippen molar-refractivity contribution in [3.05, 3.63) is 29.8 Å². The molecule has 0 aliphatic carbocycles. The van der Waals surface area contributed by atoms with Crippen LogP contribution < -0.4 is 0 Å². The van der Waals surface area contributed by atoms with Gasteiger partial charge in [0.05, 0.1) is 0 Å². The van der Waals surface area contributed by atoms with Crippen molar-refractivity contribution in [1.29, 1.82) is 0 Å². The SMILES string of the molecule is OCCCCCCCCc1cccc(O)c1. The van der Waals surface area contributed by atoms with Crippen molar-refractivity contribution >= 4 is 0 Å². The van der Waals surface area contributed by atoms with Gasteiger partial charge in [-0.15, -0.1) is 0 Å². The standard InChI is InChI=1S/C14H22O2/c15-11-6-4-2-1-3-5-8-13-9-7-10-14(16)12-13/h7,9-10,12,15-16H,1-6,8,11H2. The molecule has 0 spiro atoms. The smallest absolute Gasteiger partial charge is 0.115 e. The topological polar surface area (TPSA) is 40.5 Å². The molecule has 0 aromatic heterocycles. The van der Waals surface area contributed by atoms with Crippen LogP contribution >= 0.6 is 0 Å². The van der Waals surface area contributed by atoms with Crippen molar-refractivity contribution in [1.82, 2.24) is 0 Å². The fourth-order valence-corrected chi connectivity index (χ4v) is 1.86. The van der Waals surface area contributed by atoms with Crippen LogP contribution in [0.4, 0.5) is 0 Å². The molecule has 0 amide bonds. The predicted molar refractivity (Wildman–Crippen MR) is 66.6 cm³/mol. The van der Waals surface area contributed by atoms with Gasteiger partial charge in [0.1, 0.15) is 5.75 Å². The first kappa shape index (κ1) is 13.0. The number of aliphatic hydroxyl groups excluding tert-OH is 1. The molecule has 1 rings (SSSR count). The highest BCUT2D eigenvalue weighted by atomic mass is 16.3. The normalized spacial score (nSPS) is 10.6. The maximum absolute atomic E-state index is 9.29. The average Bonchev–Trinajstić information content (AvgIpc) is 2.28. The van der Waals surface area contributed by atoms with Crippen LogP contribution in [0.2, 0.25) is 0 Å². The van der Waals surface area contributed by atoms with E-state index in [4.69, 9.17) is 5.11 Å². The molecule has 0 atom stereocenters. The molecule has 0 fully saturated rings. The van der Waals surface area contributed by atoms with Crippen LogP contribution in [-0.4, -0.2) is 16.8 Å². The van der Waals surface area contributed by atoms with E-state index in [1.54, 1.807) is 6.07 Å². The van der Waals surface area contributed by atoms with Crippen LogP contribution in [0, 0.1) is 0 Å². The minimum Gasteiger partial charge on any atom is -0.508 e. The van der Waals surface area contributed by atoms with Gasteiger partial charge in [-0.3, -0.25) is 0 Å². The number of phenols is 1.